The fourth-order valence-corrected chi connectivity index (χ4v) is 2.55. The van der Waals surface area contributed by atoms with Gasteiger partial charge in [0.1, 0.15) is 0 Å². The first-order valence-electron chi connectivity index (χ1n) is 6.82. The molecule has 108 valence electrons. The Morgan fingerprint density at radius 3 is 2.57 bits per heavy atom. The first-order chi connectivity index (χ1) is 10.1. The van der Waals surface area contributed by atoms with Gasteiger partial charge in [-0.3, -0.25) is 10.1 Å². The van der Waals surface area contributed by atoms with E-state index in [1.807, 2.05) is 6.07 Å². The maximum atomic E-state index is 10.6. The Balaban J connectivity index is 1.73. The lowest BCUT2D eigenvalue weighted by atomic mass is 9.96. The van der Waals surface area contributed by atoms with E-state index in [1.165, 1.54) is 23.3 Å². The molecule has 0 bridgehead atoms. The summed E-state index contributed by atoms with van der Waals surface area (Å²) in [6.07, 6.45) is 0.650. The van der Waals surface area contributed by atoms with Crippen LogP contribution < -0.4 is 5.73 Å². The number of rotatable bonds is 4. The van der Waals surface area contributed by atoms with Gasteiger partial charge in [-0.2, -0.15) is 0 Å². The molecule has 0 aromatic heterocycles. The lowest BCUT2D eigenvalue weighted by molar-refractivity contribution is -0.384. The highest BCUT2D eigenvalue weighted by molar-refractivity contribution is 5.37. The number of fused-ring (bicyclic) bond motifs is 1. The largest absolute Gasteiger partial charge is 0.372 e. The lowest BCUT2D eigenvalue weighted by Gasteiger charge is -2.13. The first-order valence-corrected chi connectivity index (χ1v) is 6.82. The van der Waals surface area contributed by atoms with Gasteiger partial charge in [0, 0.05) is 18.2 Å². The van der Waals surface area contributed by atoms with Gasteiger partial charge in [-0.15, -0.1) is 0 Å². The van der Waals surface area contributed by atoms with E-state index in [0.29, 0.717) is 19.6 Å². The van der Waals surface area contributed by atoms with Crippen molar-refractivity contribution in [2.45, 2.75) is 25.7 Å². The van der Waals surface area contributed by atoms with Gasteiger partial charge < -0.3 is 10.5 Å². The Bertz CT molecular complexity index is 668. The van der Waals surface area contributed by atoms with Crippen molar-refractivity contribution in [2.24, 2.45) is 5.73 Å². The number of ether oxygens (including phenoxy) is 1. The lowest BCUT2D eigenvalue weighted by Crippen LogP contribution is -2.13. The first kappa shape index (κ1) is 13.7. The summed E-state index contributed by atoms with van der Waals surface area (Å²) in [6.45, 7) is 1.32. The molecule has 5 nitrogen and oxygen atoms in total. The molecular weight excluding hydrogens is 268 g/mol. The van der Waals surface area contributed by atoms with E-state index in [1.54, 1.807) is 12.1 Å². The monoisotopic (exact) mass is 284 g/mol. The van der Waals surface area contributed by atoms with Gasteiger partial charge in [-0.25, -0.2) is 0 Å². The molecule has 1 atom stereocenters. The van der Waals surface area contributed by atoms with E-state index in [2.05, 4.69) is 12.1 Å². The Labute approximate surface area is 122 Å². The Hall–Kier alpha value is -2.24. The molecule has 1 aliphatic rings. The molecule has 0 saturated carbocycles. The summed E-state index contributed by atoms with van der Waals surface area (Å²) >= 11 is 0. The fraction of sp³-hybridized carbons (Fsp3) is 0.250. The molecule has 0 amide bonds. The van der Waals surface area contributed by atoms with Crippen LogP contribution in [0.3, 0.4) is 0 Å². The maximum Gasteiger partial charge on any atom is 0.269 e. The van der Waals surface area contributed by atoms with Crippen LogP contribution in [0, 0.1) is 10.1 Å². The SMILES string of the molecule is NC(Cc1ccc([N+](=O)[O-])cc1)c1ccc2c(c1)COC2. The molecule has 0 radical (unpaired) electrons. The Morgan fingerprint density at radius 1 is 1.14 bits per heavy atom. The fourth-order valence-electron chi connectivity index (χ4n) is 2.55. The van der Waals surface area contributed by atoms with Crippen LogP contribution in [0.1, 0.15) is 28.3 Å². The molecule has 2 aromatic rings. The third-order valence-corrected chi connectivity index (χ3v) is 3.78. The molecule has 2 aromatic carbocycles. The van der Waals surface area contributed by atoms with E-state index in [9.17, 15) is 10.1 Å². The van der Waals surface area contributed by atoms with Crippen LogP contribution in [0.15, 0.2) is 42.5 Å². The van der Waals surface area contributed by atoms with Gasteiger partial charge >= 0.3 is 0 Å². The topological polar surface area (TPSA) is 78.4 Å². The van der Waals surface area contributed by atoms with E-state index in [4.69, 9.17) is 10.5 Å². The van der Waals surface area contributed by atoms with Crippen LogP contribution in [0.4, 0.5) is 5.69 Å². The molecule has 0 spiro atoms. The van der Waals surface area contributed by atoms with Gasteiger partial charge in [0.2, 0.25) is 0 Å². The van der Waals surface area contributed by atoms with Crippen molar-refractivity contribution in [2.75, 3.05) is 0 Å². The molecule has 3 rings (SSSR count). The van der Waals surface area contributed by atoms with Gasteiger partial charge in [0.15, 0.2) is 0 Å². The second-order valence-corrected chi connectivity index (χ2v) is 5.26. The van der Waals surface area contributed by atoms with E-state index < -0.39 is 4.92 Å². The van der Waals surface area contributed by atoms with Crippen molar-refractivity contribution in [1.82, 2.24) is 0 Å². The van der Waals surface area contributed by atoms with Gasteiger partial charge in [-0.05, 0) is 28.7 Å². The molecule has 1 aliphatic heterocycles. The van der Waals surface area contributed by atoms with Crippen LogP contribution in [-0.2, 0) is 24.4 Å². The van der Waals surface area contributed by atoms with Gasteiger partial charge in [0.25, 0.3) is 5.69 Å². The number of non-ortho nitro benzene ring substituents is 1. The zero-order valence-electron chi connectivity index (χ0n) is 11.5. The number of nitro groups is 1. The number of nitro benzene ring substituents is 1. The minimum absolute atomic E-state index is 0.0991. The van der Waals surface area contributed by atoms with E-state index >= 15 is 0 Å². The zero-order chi connectivity index (χ0) is 14.8. The molecule has 1 heterocycles. The number of nitrogens with two attached hydrogens (primary N) is 1. The smallest absolute Gasteiger partial charge is 0.269 e. The number of benzene rings is 2. The summed E-state index contributed by atoms with van der Waals surface area (Å²) in [4.78, 5) is 10.2. The second-order valence-electron chi connectivity index (χ2n) is 5.26. The van der Waals surface area contributed by atoms with Crippen LogP contribution in [-0.4, -0.2) is 4.92 Å². The maximum absolute atomic E-state index is 10.6. The van der Waals surface area contributed by atoms with Crippen molar-refractivity contribution in [3.05, 3.63) is 74.8 Å². The zero-order valence-corrected chi connectivity index (χ0v) is 11.5. The summed E-state index contributed by atoms with van der Waals surface area (Å²) in [6, 6.07) is 12.6. The summed E-state index contributed by atoms with van der Waals surface area (Å²) in [5.74, 6) is 0. The second kappa shape index (κ2) is 5.63. The molecule has 0 fully saturated rings. The predicted octanol–water partition coefficient (Wildman–Crippen LogP) is 2.87. The summed E-state index contributed by atoms with van der Waals surface area (Å²) < 4.78 is 5.40. The molecule has 21 heavy (non-hydrogen) atoms. The highest BCUT2D eigenvalue weighted by Gasteiger charge is 2.15. The van der Waals surface area contributed by atoms with Crippen molar-refractivity contribution < 1.29 is 9.66 Å². The summed E-state index contributed by atoms with van der Waals surface area (Å²) in [7, 11) is 0. The van der Waals surface area contributed by atoms with Gasteiger partial charge in [-0.1, -0.05) is 30.3 Å². The minimum Gasteiger partial charge on any atom is -0.372 e. The normalized spacial score (nSPS) is 14.7. The quantitative estimate of drug-likeness (QED) is 0.691. The molecule has 1 unspecified atom stereocenters. The average molecular weight is 284 g/mol. The highest BCUT2D eigenvalue weighted by Crippen LogP contribution is 2.25. The Kier molecular flexibility index (Phi) is 3.68. The number of hydrogen-bond acceptors (Lipinski definition) is 4. The molecule has 5 heteroatoms. The van der Waals surface area contributed by atoms with Gasteiger partial charge in [0.05, 0.1) is 18.1 Å². The van der Waals surface area contributed by atoms with Crippen molar-refractivity contribution >= 4 is 5.69 Å². The standard InChI is InChI=1S/C16H16N2O3/c17-16(7-11-1-5-15(6-2-11)18(19)20)12-3-4-13-9-21-10-14(13)8-12/h1-6,8,16H,7,9-10,17H2. The predicted molar refractivity (Wildman–Crippen MR) is 78.7 cm³/mol. The highest BCUT2D eigenvalue weighted by atomic mass is 16.6. The van der Waals surface area contributed by atoms with Crippen LogP contribution in [0.2, 0.25) is 0 Å². The van der Waals surface area contributed by atoms with Crippen LogP contribution >= 0.6 is 0 Å². The third kappa shape index (κ3) is 2.94. The minimum atomic E-state index is -0.399. The van der Waals surface area contributed by atoms with Crippen molar-refractivity contribution in [1.29, 1.82) is 0 Å². The van der Waals surface area contributed by atoms with Crippen molar-refractivity contribution in [3.63, 3.8) is 0 Å². The van der Waals surface area contributed by atoms with Crippen LogP contribution in [0.25, 0.3) is 0 Å². The number of hydrogen-bond donors (Lipinski definition) is 1. The van der Waals surface area contributed by atoms with Crippen LogP contribution in [0.5, 0.6) is 0 Å². The summed E-state index contributed by atoms with van der Waals surface area (Å²) in [5, 5.41) is 10.6. The Morgan fingerprint density at radius 2 is 1.86 bits per heavy atom. The molecular formula is C16H16N2O3. The molecule has 0 saturated heterocycles. The van der Waals surface area contributed by atoms with E-state index in [-0.39, 0.29) is 11.7 Å². The van der Waals surface area contributed by atoms with Crippen molar-refractivity contribution in [3.8, 4) is 0 Å². The third-order valence-electron chi connectivity index (χ3n) is 3.78. The average Bonchev–Trinajstić information content (AvgIpc) is 2.95. The summed E-state index contributed by atoms with van der Waals surface area (Å²) in [5.41, 5.74) is 10.8. The number of nitrogens with zero attached hydrogens (tertiary/aromatic N) is 1. The molecule has 0 aliphatic carbocycles. The molecule has 2 N–H and O–H groups in total. The van der Waals surface area contributed by atoms with E-state index in [0.717, 1.165) is 11.1 Å².